The molecule has 0 aliphatic carbocycles. The van der Waals surface area contributed by atoms with Gasteiger partial charge in [0.15, 0.2) is 0 Å². The summed E-state index contributed by atoms with van der Waals surface area (Å²) in [4.78, 5) is 12.9. The lowest BCUT2D eigenvalue weighted by Crippen LogP contribution is -2.25. The molecular weight excluding hydrogens is 214 g/mol. The van der Waals surface area contributed by atoms with Gasteiger partial charge in [0, 0.05) is 14.1 Å². The van der Waals surface area contributed by atoms with Gasteiger partial charge in [-0.1, -0.05) is 30.3 Å². The van der Waals surface area contributed by atoms with Crippen LogP contribution >= 0.6 is 0 Å². The highest BCUT2D eigenvalue weighted by Crippen LogP contribution is 2.27. The summed E-state index contributed by atoms with van der Waals surface area (Å²) < 4.78 is 5.30. The highest BCUT2D eigenvalue weighted by atomic mass is 16.6. The summed E-state index contributed by atoms with van der Waals surface area (Å²) in [6, 6.07) is 11.8. The molecule has 88 valence electrons. The van der Waals surface area contributed by atoms with Crippen molar-refractivity contribution in [1.82, 2.24) is 4.90 Å². The van der Waals surface area contributed by atoms with Crippen LogP contribution in [0.1, 0.15) is 5.56 Å². The molecule has 2 aromatic rings. The minimum atomic E-state index is -0.358. The van der Waals surface area contributed by atoms with Crippen molar-refractivity contribution >= 4 is 16.9 Å². The molecule has 0 heterocycles. The standard InChI is InChI=1S/C14H15NO2/c1-10-12-7-5-4-6-11(12)8-9-13(10)17-14(16)15(2)3/h4-9H,1-3H3. The van der Waals surface area contributed by atoms with Gasteiger partial charge in [-0.3, -0.25) is 0 Å². The van der Waals surface area contributed by atoms with Crippen molar-refractivity contribution in [3.8, 4) is 5.75 Å². The Morgan fingerprint density at radius 3 is 2.53 bits per heavy atom. The molecule has 0 N–H and O–H groups in total. The highest BCUT2D eigenvalue weighted by molar-refractivity contribution is 5.88. The van der Waals surface area contributed by atoms with E-state index in [9.17, 15) is 4.79 Å². The molecule has 3 heteroatoms. The van der Waals surface area contributed by atoms with Gasteiger partial charge in [-0.2, -0.15) is 0 Å². The molecule has 0 radical (unpaired) electrons. The van der Waals surface area contributed by atoms with Crippen LogP contribution in [0.4, 0.5) is 4.79 Å². The third-order valence-electron chi connectivity index (χ3n) is 2.71. The molecule has 0 bridgehead atoms. The monoisotopic (exact) mass is 229 g/mol. The van der Waals surface area contributed by atoms with Crippen LogP contribution in [0.15, 0.2) is 36.4 Å². The van der Waals surface area contributed by atoms with Gasteiger partial charge in [-0.15, -0.1) is 0 Å². The number of carbonyl (C=O) groups excluding carboxylic acids is 1. The molecule has 3 nitrogen and oxygen atoms in total. The number of hydrogen-bond donors (Lipinski definition) is 0. The number of carbonyl (C=O) groups is 1. The Labute approximate surface area is 101 Å². The molecule has 2 aromatic carbocycles. The molecule has 17 heavy (non-hydrogen) atoms. The summed E-state index contributed by atoms with van der Waals surface area (Å²) in [5.41, 5.74) is 0.985. The Hall–Kier alpha value is -2.03. The Balaban J connectivity index is 2.43. The minimum Gasteiger partial charge on any atom is -0.410 e. The van der Waals surface area contributed by atoms with E-state index in [4.69, 9.17) is 4.74 Å². The number of aryl methyl sites for hydroxylation is 1. The number of hydrogen-bond acceptors (Lipinski definition) is 2. The number of fused-ring (bicyclic) bond motifs is 1. The zero-order valence-electron chi connectivity index (χ0n) is 10.2. The van der Waals surface area contributed by atoms with Gasteiger partial charge in [-0.05, 0) is 29.3 Å². The SMILES string of the molecule is Cc1c(OC(=O)N(C)C)ccc2ccccc12. The molecule has 0 aromatic heterocycles. The van der Waals surface area contributed by atoms with E-state index < -0.39 is 0 Å². The number of benzene rings is 2. The maximum Gasteiger partial charge on any atom is 0.414 e. The second-order valence-corrected chi connectivity index (χ2v) is 4.17. The Bertz CT molecular complexity index is 561. The third-order valence-corrected chi connectivity index (χ3v) is 2.71. The lowest BCUT2D eigenvalue weighted by molar-refractivity contribution is 0.171. The normalized spacial score (nSPS) is 10.3. The maximum atomic E-state index is 11.5. The molecule has 0 aliphatic heterocycles. The summed E-state index contributed by atoms with van der Waals surface area (Å²) >= 11 is 0. The summed E-state index contributed by atoms with van der Waals surface area (Å²) in [5, 5.41) is 2.26. The predicted molar refractivity (Wildman–Crippen MR) is 68.4 cm³/mol. The van der Waals surface area contributed by atoms with Crippen LogP contribution in [0.25, 0.3) is 10.8 Å². The fraction of sp³-hybridized carbons (Fsp3) is 0.214. The summed E-state index contributed by atoms with van der Waals surface area (Å²) in [7, 11) is 3.33. The Morgan fingerprint density at radius 2 is 1.82 bits per heavy atom. The van der Waals surface area contributed by atoms with E-state index in [-0.39, 0.29) is 6.09 Å². The smallest absolute Gasteiger partial charge is 0.410 e. The molecule has 0 unspecified atom stereocenters. The average Bonchev–Trinajstić information content (AvgIpc) is 2.33. The van der Waals surface area contributed by atoms with E-state index in [0.717, 1.165) is 16.3 Å². The highest BCUT2D eigenvalue weighted by Gasteiger charge is 2.10. The average molecular weight is 229 g/mol. The fourth-order valence-corrected chi connectivity index (χ4v) is 1.70. The number of amides is 1. The van der Waals surface area contributed by atoms with Crippen LogP contribution in [0.3, 0.4) is 0 Å². The fourth-order valence-electron chi connectivity index (χ4n) is 1.70. The van der Waals surface area contributed by atoms with Crippen molar-refractivity contribution in [2.75, 3.05) is 14.1 Å². The van der Waals surface area contributed by atoms with Gasteiger partial charge < -0.3 is 9.64 Å². The number of nitrogens with zero attached hydrogens (tertiary/aromatic N) is 1. The molecule has 0 fully saturated rings. The van der Waals surface area contributed by atoms with Crippen LogP contribution in [-0.2, 0) is 0 Å². The van der Waals surface area contributed by atoms with Crippen molar-refractivity contribution in [3.05, 3.63) is 42.0 Å². The molecule has 0 atom stereocenters. The molecule has 0 spiro atoms. The number of rotatable bonds is 1. The van der Waals surface area contributed by atoms with Crippen molar-refractivity contribution in [1.29, 1.82) is 0 Å². The largest absolute Gasteiger partial charge is 0.414 e. The molecular formula is C14H15NO2. The molecule has 0 saturated carbocycles. The summed E-state index contributed by atoms with van der Waals surface area (Å²) in [6.07, 6.45) is -0.358. The predicted octanol–water partition coefficient (Wildman–Crippen LogP) is 3.21. The van der Waals surface area contributed by atoms with Gasteiger partial charge in [0.25, 0.3) is 0 Å². The van der Waals surface area contributed by atoms with E-state index in [1.807, 2.05) is 43.3 Å². The lowest BCUT2D eigenvalue weighted by Gasteiger charge is -2.13. The van der Waals surface area contributed by atoms with Gasteiger partial charge in [0.2, 0.25) is 0 Å². The lowest BCUT2D eigenvalue weighted by atomic mass is 10.1. The second kappa shape index (κ2) is 4.45. The van der Waals surface area contributed by atoms with Crippen molar-refractivity contribution < 1.29 is 9.53 Å². The zero-order valence-corrected chi connectivity index (χ0v) is 10.2. The van der Waals surface area contributed by atoms with Gasteiger partial charge in [0.1, 0.15) is 5.75 Å². The topological polar surface area (TPSA) is 29.5 Å². The van der Waals surface area contributed by atoms with E-state index >= 15 is 0 Å². The van der Waals surface area contributed by atoms with E-state index in [1.54, 1.807) is 14.1 Å². The molecule has 2 rings (SSSR count). The maximum absolute atomic E-state index is 11.5. The van der Waals surface area contributed by atoms with Crippen molar-refractivity contribution in [3.63, 3.8) is 0 Å². The van der Waals surface area contributed by atoms with Crippen molar-refractivity contribution in [2.24, 2.45) is 0 Å². The quantitative estimate of drug-likeness (QED) is 0.751. The van der Waals surface area contributed by atoms with Crippen LogP contribution in [-0.4, -0.2) is 25.1 Å². The minimum absolute atomic E-state index is 0.358. The first kappa shape index (κ1) is 11.5. The van der Waals surface area contributed by atoms with Crippen LogP contribution < -0.4 is 4.74 Å². The first-order valence-corrected chi connectivity index (χ1v) is 5.47. The van der Waals surface area contributed by atoms with Crippen LogP contribution in [0.5, 0.6) is 5.75 Å². The van der Waals surface area contributed by atoms with E-state index in [2.05, 4.69) is 0 Å². The van der Waals surface area contributed by atoms with Gasteiger partial charge in [-0.25, -0.2) is 4.79 Å². The second-order valence-electron chi connectivity index (χ2n) is 4.17. The molecule has 1 amide bonds. The molecule has 0 saturated heterocycles. The number of ether oxygens (including phenoxy) is 1. The van der Waals surface area contributed by atoms with Gasteiger partial charge in [0.05, 0.1) is 0 Å². The first-order chi connectivity index (χ1) is 8.09. The van der Waals surface area contributed by atoms with Gasteiger partial charge >= 0.3 is 6.09 Å². The molecule has 0 aliphatic rings. The van der Waals surface area contributed by atoms with E-state index in [0.29, 0.717) is 5.75 Å². The zero-order chi connectivity index (χ0) is 12.4. The summed E-state index contributed by atoms with van der Waals surface area (Å²) in [6.45, 7) is 1.96. The van der Waals surface area contributed by atoms with E-state index in [1.165, 1.54) is 4.90 Å². The van der Waals surface area contributed by atoms with Crippen LogP contribution in [0, 0.1) is 6.92 Å². The summed E-state index contributed by atoms with van der Waals surface area (Å²) in [5.74, 6) is 0.613. The first-order valence-electron chi connectivity index (χ1n) is 5.47. The Kier molecular flexibility index (Phi) is 3.00. The van der Waals surface area contributed by atoms with Crippen LogP contribution in [0.2, 0.25) is 0 Å². The van der Waals surface area contributed by atoms with Crippen molar-refractivity contribution in [2.45, 2.75) is 6.92 Å². The Morgan fingerprint density at radius 1 is 1.12 bits per heavy atom. The third kappa shape index (κ3) is 2.23.